The Balaban J connectivity index is 1.21. The molecule has 1 saturated heterocycles. The first kappa shape index (κ1) is 28.4. The highest BCUT2D eigenvalue weighted by Crippen LogP contribution is 2.38. The lowest BCUT2D eigenvalue weighted by atomic mass is 9.96. The Morgan fingerprint density at radius 1 is 1.25 bits per heavy atom. The highest BCUT2D eigenvalue weighted by molar-refractivity contribution is 8.01. The van der Waals surface area contributed by atoms with Crippen LogP contribution in [-0.2, 0) is 16.1 Å². The quantitative estimate of drug-likeness (QED) is 0.314. The molecule has 212 valence electrons. The molecule has 11 nitrogen and oxygen atoms in total. The molecule has 0 aliphatic carbocycles. The first-order valence-electron chi connectivity index (χ1n) is 13.0. The van der Waals surface area contributed by atoms with Crippen LogP contribution in [0.4, 0.5) is 10.6 Å². The van der Waals surface area contributed by atoms with E-state index >= 15 is 0 Å². The molecular formula is C26H31ClN8O3S2. The van der Waals surface area contributed by atoms with Gasteiger partial charge in [0.1, 0.15) is 11.6 Å². The number of hydrogen-bond donors (Lipinski definition) is 2. The van der Waals surface area contributed by atoms with Gasteiger partial charge in [0.2, 0.25) is 5.91 Å². The van der Waals surface area contributed by atoms with Gasteiger partial charge < -0.3 is 25.3 Å². The summed E-state index contributed by atoms with van der Waals surface area (Å²) < 4.78 is 8.97. The highest BCUT2D eigenvalue weighted by Gasteiger charge is 2.29. The topological polar surface area (TPSA) is 141 Å². The number of rotatable bonds is 6. The van der Waals surface area contributed by atoms with Crippen molar-refractivity contribution in [3.8, 4) is 11.5 Å². The minimum Gasteiger partial charge on any atom is -0.444 e. The third kappa shape index (κ3) is 6.42. The average molecular weight is 603 g/mol. The maximum absolute atomic E-state index is 12.9. The first-order valence-corrected chi connectivity index (χ1v) is 15.0. The van der Waals surface area contributed by atoms with Gasteiger partial charge >= 0.3 is 6.09 Å². The highest BCUT2D eigenvalue weighted by atomic mass is 35.5. The van der Waals surface area contributed by atoms with Gasteiger partial charge in [0.05, 0.1) is 21.6 Å². The number of piperidine rings is 1. The monoisotopic (exact) mass is 602 g/mol. The van der Waals surface area contributed by atoms with Crippen LogP contribution in [0.3, 0.4) is 0 Å². The number of benzene rings is 1. The predicted octanol–water partition coefficient (Wildman–Crippen LogP) is 4.93. The molecule has 1 aromatic carbocycles. The van der Waals surface area contributed by atoms with Crippen molar-refractivity contribution in [1.82, 2.24) is 34.7 Å². The van der Waals surface area contributed by atoms with E-state index in [0.717, 1.165) is 27.4 Å². The molecule has 0 radical (unpaired) electrons. The molecule has 3 N–H and O–H groups in total. The molecule has 1 aromatic heterocycles. The summed E-state index contributed by atoms with van der Waals surface area (Å²) in [6.45, 7) is 8.91. The summed E-state index contributed by atoms with van der Waals surface area (Å²) in [6.07, 6.45) is 2.72. The molecule has 1 atom stereocenters. The van der Waals surface area contributed by atoms with E-state index in [4.69, 9.17) is 27.1 Å². The number of imidazole rings is 1. The van der Waals surface area contributed by atoms with Crippen molar-refractivity contribution < 1.29 is 14.3 Å². The SMILES string of the molecule is C[C@@H](NC(=O)OC(C)(C)C)C(=O)N1CCC(Cn2cnc(N)c3nc(Sc4nc5cccc(Cl)c5s4)nc2-3)CC1. The molecular weight excluding hydrogens is 572 g/mol. The van der Waals surface area contributed by atoms with Gasteiger partial charge in [0.25, 0.3) is 0 Å². The minimum atomic E-state index is -0.663. The van der Waals surface area contributed by atoms with Gasteiger partial charge in [-0.15, -0.1) is 11.3 Å². The van der Waals surface area contributed by atoms with Gasteiger partial charge in [-0.05, 0) is 70.3 Å². The fourth-order valence-electron chi connectivity index (χ4n) is 4.56. The number of nitrogens with zero attached hydrogens (tertiary/aromatic N) is 6. The molecule has 0 saturated carbocycles. The largest absolute Gasteiger partial charge is 0.444 e. The van der Waals surface area contributed by atoms with E-state index in [9.17, 15) is 9.59 Å². The number of hydrogen-bond acceptors (Lipinski definition) is 10. The number of alkyl carbamates (subject to hydrolysis) is 1. The van der Waals surface area contributed by atoms with Crippen LogP contribution < -0.4 is 11.1 Å². The normalized spacial score (nSPS) is 15.5. The number of ether oxygens (including phenoxy) is 1. The van der Waals surface area contributed by atoms with Crippen molar-refractivity contribution in [3.63, 3.8) is 0 Å². The van der Waals surface area contributed by atoms with Gasteiger partial charge in [-0.1, -0.05) is 17.7 Å². The maximum Gasteiger partial charge on any atom is 0.408 e. The molecule has 14 heteroatoms. The number of likely N-dealkylation sites (tertiary alicyclic amines) is 1. The average Bonchev–Trinajstić information content (AvgIpc) is 3.50. The van der Waals surface area contributed by atoms with Crippen LogP contribution in [0, 0.1) is 5.92 Å². The number of anilines is 1. The van der Waals surface area contributed by atoms with E-state index in [2.05, 4.69) is 20.3 Å². The molecule has 5 rings (SSSR count). The molecule has 3 aliphatic heterocycles. The van der Waals surface area contributed by atoms with Gasteiger partial charge in [0, 0.05) is 19.6 Å². The van der Waals surface area contributed by atoms with Crippen LogP contribution in [0.1, 0.15) is 40.5 Å². The zero-order valence-electron chi connectivity index (χ0n) is 22.7. The Morgan fingerprint density at radius 2 is 2.00 bits per heavy atom. The van der Waals surface area contributed by atoms with E-state index < -0.39 is 17.7 Å². The second-order valence-electron chi connectivity index (χ2n) is 10.8. The summed E-state index contributed by atoms with van der Waals surface area (Å²) >= 11 is 9.18. The van der Waals surface area contributed by atoms with Gasteiger partial charge in [0.15, 0.2) is 26.8 Å². The number of aromatic nitrogens is 5. The summed E-state index contributed by atoms with van der Waals surface area (Å²) in [6, 6.07) is 4.99. The predicted molar refractivity (Wildman–Crippen MR) is 156 cm³/mol. The Hall–Kier alpha value is -3.16. The molecule has 40 heavy (non-hydrogen) atoms. The number of thiazole rings is 1. The molecule has 3 aliphatic rings. The van der Waals surface area contributed by atoms with Crippen molar-refractivity contribution in [1.29, 1.82) is 0 Å². The van der Waals surface area contributed by atoms with Crippen LogP contribution >= 0.6 is 34.7 Å². The standard InChI is InChI=1S/C26H31ClN8O3S2/c1-14(30-24(37)38-26(2,3)4)22(36)34-10-8-15(9-11-34)12-35-13-29-20(28)18-21(35)33-23(32-18)40-25-31-17-7-5-6-16(27)19(17)39-25/h5-7,13-15H,8-12,28H2,1-4H3,(H,30,37)/t14-/m1/s1. The van der Waals surface area contributed by atoms with Crippen molar-refractivity contribution in [3.05, 3.63) is 29.5 Å². The number of halogens is 1. The first-order chi connectivity index (χ1) is 19.0. The molecule has 0 unspecified atom stereocenters. The molecule has 0 spiro atoms. The molecule has 2 aromatic rings. The van der Waals surface area contributed by atoms with Crippen molar-refractivity contribution in [2.75, 3.05) is 18.8 Å². The summed E-state index contributed by atoms with van der Waals surface area (Å²) in [4.78, 5) is 45.1. The minimum absolute atomic E-state index is 0.117. The number of carbonyl (C=O) groups excluding carboxylic acids is 2. The second kappa shape index (κ2) is 11.4. The zero-order chi connectivity index (χ0) is 28.6. The Kier molecular flexibility index (Phi) is 8.07. The molecule has 2 amide bonds. The molecule has 4 heterocycles. The van der Waals surface area contributed by atoms with Crippen molar-refractivity contribution in [2.24, 2.45) is 5.92 Å². The summed E-state index contributed by atoms with van der Waals surface area (Å²) in [7, 11) is 0. The summed E-state index contributed by atoms with van der Waals surface area (Å²) in [5.41, 5.74) is 6.91. The van der Waals surface area contributed by atoms with Crippen LogP contribution in [-0.4, -0.2) is 66.1 Å². The van der Waals surface area contributed by atoms with Crippen LogP contribution in [0.5, 0.6) is 0 Å². The summed E-state index contributed by atoms with van der Waals surface area (Å²) in [5, 5.41) is 3.85. The Bertz CT molecular complexity index is 1510. The van der Waals surface area contributed by atoms with Crippen molar-refractivity contribution in [2.45, 2.75) is 68.2 Å². The van der Waals surface area contributed by atoms with Crippen LogP contribution in [0.25, 0.3) is 21.7 Å². The smallest absolute Gasteiger partial charge is 0.408 e. The van der Waals surface area contributed by atoms with E-state index in [0.29, 0.717) is 53.1 Å². The van der Waals surface area contributed by atoms with Gasteiger partial charge in [-0.2, -0.15) is 0 Å². The van der Waals surface area contributed by atoms with Crippen LogP contribution in [0.2, 0.25) is 5.02 Å². The van der Waals surface area contributed by atoms with Gasteiger partial charge in [-0.3, -0.25) is 4.79 Å². The Labute approximate surface area is 245 Å². The van der Waals surface area contributed by atoms with E-state index in [1.165, 1.54) is 23.1 Å². The van der Waals surface area contributed by atoms with Crippen molar-refractivity contribution >= 4 is 62.7 Å². The zero-order valence-corrected chi connectivity index (χ0v) is 25.1. The van der Waals surface area contributed by atoms with E-state index in [-0.39, 0.29) is 5.91 Å². The Morgan fingerprint density at radius 3 is 2.70 bits per heavy atom. The third-order valence-corrected chi connectivity index (χ3v) is 8.94. The number of nitrogens with two attached hydrogens (primary N) is 1. The lowest BCUT2D eigenvalue weighted by Gasteiger charge is -2.34. The lowest BCUT2D eigenvalue weighted by molar-refractivity contribution is -0.134. The van der Waals surface area contributed by atoms with Gasteiger partial charge in [-0.25, -0.2) is 24.7 Å². The fourth-order valence-corrected chi connectivity index (χ4v) is 6.76. The number of nitrogen functional groups attached to an aromatic ring is 1. The number of carbonyl (C=O) groups is 2. The number of fused-ring (bicyclic) bond motifs is 2. The molecule has 0 bridgehead atoms. The van der Waals surface area contributed by atoms with E-state index in [1.54, 1.807) is 38.9 Å². The number of amides is 2. The summed E-state index contributed by atoms with van der Waals surface area (Å²) in [5.74, 6) is 1.19. The lowest BCUT2D eigenvalue weighted by Crippen LogP contribution is -2.50. The second-order valence-corrected chi connectivity index (χ2v) is 13.4. The fraction of sp³-hybridized carbons (Fsp3) is 0.462. The third-order valence-electron chi connectivity index (χ3n) is 6.48. The van der Waals surface area contributed by atoms with E-state index in [1.807, 2.05) is 22.8 Å². The molecule has 1 fully saturated rings. The van der Waals surface area contributed by atoms with Crippen LogP contribution in [0.15, 0.2) is 34.0 Å². The number of nitrogens with one attached hydrogen (secondary N) is 1. The maximum atomic E-state index is 12.9.